The van der Waals surface area contributed by atoms with Crippen LogP contribution in [0.1, 0.15) is 0 Å². The Morgan fingerprint density at radius 3 is 2.28 bits per heavy atom. The molecule has 0 spiro atoms. The van der Waals surface area contributed by atoms with E-state index >= 15 is 0 Å². The molecular weight excluding hydrogens is 240 g/mol. The van der Waals surface area contributed by atoms with Crippen LogP contribution in [0.4, 0.5) is 14.6 Å². The fourth-order valence-electron chi connectivity index (χ4n) is 1.43. The Labute approximate surface area is 103 Å². The first kappa shape index (κ1) is 12.2. The Balaban J connectivity index is 2.17. The number of nitrogens with zero attached hydrogens (tertiary/aromatic N) is 2. The molecule has 1 N–H and O–H groups in total. The molecule has 1 aromatic carbocycles. The van der Waals surface area contributed by atoms with Gasteiger partial charge in [0.05, 0.1) is 5.69 Å². The van der Waals surface area contributed by atoms with Crippen LogP contribution in [0.2, 0.25) is 0 Å². The van der Waals surface area contributed by atoms with Gasteiger partial charge in [0.25, 0.3) is 0 Å². The highest BCUT2D eigenvalue weighted by Gasteiger charge is 2.05. The van der Waals surface area contributed by atoms with Gasteiger partial charge in [-0.1, -0.05) is 0 Å². The van der Waals surface area contributed by atoms with E-state index in [4.69, 9.17) is 0 Å². The second kappa shape index (κ2) is 5.39. The number of hydrogen-bond donors (Lipinski definition) is 1. The first-order chi connectivity index (χ1) is 8.69. The van der Waals surface area contributed by atoms with Crippen LogP contribution in [0.15, 0.2) is 36.4 Å². The topological polar surface area (TPSA) is 47.0 Å². The van der Waals surface area contributed by atoms with E-state index in [2.05, 4.69) is 20.3 Å². The molecule has 18 heavy (non-hydrogen) atoms. The minimum Gasteiger partial charge on any atom is -0.435 e. The number of nitrogens with one attached hydrogen (secondary N) is 1. The van der Waals surface area contributed by atoms with Crippen molar-refractivity contribution in [2.24, 2.45) is 0 Å². The molecule has 0 unspecified atom stereocenters. The van der Waals surface area contributed by atoms with E-state index in [1.807, 2.05) is 0 Å². The Morgan fingerprint density at radius 2 is 1.78 bits per heavy atom. The van der Waals surface area contributed by atoms with E-state index < -0.39 is 6.61 Å². The lowest BCUT2D eigenvalue weighted by molar-refractivity contribution is -0.0498. The monoisotopic (exact) mass is 251 g/mol. The molecule has 0 radical (unpaired) electrons. The lowest BCUT2D eigenvalue weighted by atomic mass is 10.1. The number of rotatable bonds is 4. The maximum absolute atomic E-state index is 12.0. The summed E-state index contributed by atoms with van der Waals surface area (Å²) in [6, 6.07) is 9.82. The predicted octanol–water partition coefficient (Wildman–Crippen LogP) is 2.79. The second-order valence-electron chi connectivity index (χ2n) is 3.46. The van der Waals surface area contributed by atoms with Crippen molar-refractivity contribution in [2.75, 3.05) is 12.4 Å². The summed E-state index contributed by atoms with van der Waals surface area (Å²) in [6.07, 6.45) is 0. The van der Waals surface area contributed by atoms with Crippen molar-refractivity contribution in [1.29, 1.82) is 0 Å². The van der Waals surface area contributed by atoms with Gasteiger partial charge in [0.1, 0.15) is 11.6 Å². The van der Waals surface area contributed by atoms with Crippen molar-refractivity contribution in [3.05, 3.63) is 36.4 Å². The number of anilines is 1. The molecule has 94 valence electrons. The summed E-state index contributed by atoms with van der Waals surface area (Å²) < 4.78 is 28.2. The summed E-state index contributed by atoms with van der Waals surface area (Å²) in [4.78, 5) is 0. The Hall–Kier alpha value is -2.24. The number of halogens is 2. The first-order valence-corrected chi connectivity index (χ1v) is 5.26. The third-order valence-corrected chi connectivity index (χ3v) is 2.30. The summed E-state index contributed by atoms with van der Waals surface area (Å²) in [6.45, 7) is -2.81. The number of benzene rings is 1. The van der Waals surface area contributed by atoms with Gasteiger partial charge in [-0.3, -0.25) is 0 Å². The third kappa shape index (κ3) is 2.91. The normalized spacial score (nSPS) is 10.4. The van der Waals surface area contributed by atoms with Gasteiger partial charge < -0.3 is 10.1 Å². The van der Waals surface area contributed by atoms with Crippen molar-refractivity contribution in [2.45, 2.75) is 6.61 Å². The van der Waals surface area contributed by atoms with Gasteiger partial charge in [0.15, 0.2) is 0 Å². The molecule has 1 aromatic heterocycles. The average Bonchev–Trinajstić information content (AvgIpc) is 2.39. The van der Waals surface area contributed by atoms with Gasteiger partial charge in [-0.15, -0.1) is 10.2 Å². The minimum atomic E-state index is -2.81. The van der Waals surface area contributed by atoms with Crippen LogP contribution in [-0.2, 0) is 0 Å². The molecule has 4 nitrogen and oxygen atoms in total. The van der Waals surface area contributed by atoms with Gasteiger partial charge in [-0.2, -0.15) is 8.78 Å². The Morgan fingerprint density at radius 1 is 1.06 bits per heavy atom. The van der Waals surface area contributed by atoms with Gasteiger partial charge in [-0.25, -0.2) is 0 Å². The molecule has 0 saturated carbocycles. The van der Waals surface area contributed by atoms with Crippen LogP contribution in [0.3, 0.4) is 0 Å². The molecule has 2 rings (SSSR count). The van der Waals surface area contributed by atoms with Crippen LogP contribution in [0.25, 0.3) is 11.3 Å². The van der Waals surface area contributed by atoms with Crippen molar-refractivity contribution in [3.63, 3.8) is 0 Å². The fraction of sp³-hybridized carbons (Fsp3) is 0.167. The average molecular weight is 251 g/mol. The molecule has 0 amide bonds. The van der Waals surface area contributed by atoms with Gasteiger partial charge >= 0.3 is 6.61 Å². The van der Waals surface area contributed by atoms with Crippen LogP contribution in [0, 0.1) is 0 Å². The molecule has 0 saturated heterocycles. The highest BCUT2D eigenvalue weighted by Crippen LogP contribution is 2.21. The zero-order valence-electron chi connectivity index (χ0n) is 9.60. The second-order valence-corrected chi connectivity index (χ2v) is 3.46. The molecule has 0 bridgehead atoms. The summed E-state index contributed by atoms with van der Waals surface area (Å²) in [5, 5.41) is 10.8. The van der Waals surface area contributed by atoms with Crippen LogP contribution in [0.5, 0.6) is 5.75 Å². The Kier molecular flexibility index (Phi) is 3.66. The highest BCUT2D eigenvalue weighted by atomic mass is 19.3. The van der Waals surface area contributed by atoms with Crippen LogP contribution >= 0.6 is 0 Å². The number of ether oxygens (including phenoxy) is 1. The lowest BCUT2D eigenvalue weighted by Gasteiger charge is -2.05. The standard InChI is InChI=1S/C12H11F2N3O/c1-15-11-7-6-10(16-17-11)8-2-4-9(5-3-8)18-12(13)14/h2-7,12H,1H3,(H,15,17). The van der Waals surface area contributed by atoms with Crippen molar-refractivity contribution >= 4 is 5.82 Å². The molecule has 2 aromatic rings. The van der Waals surface area contributed by atoms with Gasteiger partial charge in [-0.05, 0) is 36.4 Å². The maximum atomic E-state index is 12.0. The van der Waals surface area contributed by atoms with Crippen LogP contribution < -0.4 is 10.1 Å². The zero-order chi connectivity index (χ0) is 13.0. The Bertz CT molecular complexity index is 500. The van der Waals surface area contributed by atoms with Crippen molar-refractivity contribution in [3.8, 4) is 17.0 Å². The van der Waals surface area contributed by atoms with E-state index in [1.165, 1.54) is 12.1 Å². The number of alkyl halides is 2. The first-order valence-electron chi connectivity index (χ1n) is 5.26. The molecule has 0 aliphatic rings. The highest BCUT2D eigenvalue weighted by molar-refractivity contribution is 5.60. The molecule has 0 atom stereocenters. The largest absolute Gasteiger partial charge is 0.435 e. The summed E-state index contributed by atoms with van der Waals surface area (Å²) in [5.41, 5.74) is 1.45. The van der Waals surface area contributed by atoms with Gasteiger partial charge in [0, 0.05) is 12.6 Å². The van der Waals surface area contributed by atoms with E-state index in [9.17, 15) is 8.78 Å². The molecule has 6 heteroatoms. The zero-order valence-corrected chi connectivity index (χ0v) is 9.60. The van der Waals surface area contributed by atoms with Crippen LogP contribution in [-0.4, -0.2) is 23.9 Å². The van der Waals surface area contributed by atoms with Gasteiger partial charge in [0.2, 0.25) is 0 Å². The maximum Gasteiger partial charge on any atom is 0.387 e. The molecule has 0 fully saturated rings. The van der Waals surface area contributed by atoms with E-state index in [0.717, 1.165) is 5.56 Å². The third-order valence-electron chi connectivity index (χ3n) is 2.30. The summed E-state index contributed by atoms with van der Waals surface area (Å²) >= 11 is 0. The lowest BCUT2D eigenvalue weighted by Crippen LogP contribution is -2.01. The van der Waals surface area contributed by atoms with E-state index in [1.54, 1.807) is 31.3 Å². The number of hydrogen-bond acceptors (Lipinski definition) is 4. The molecule has 0 aliphatic heterocycles. The summed E-state index contributed by atoms with van der Waals surface area (Å²) in [7, 11) is 1.75. The van der Waals surface area contributed by atoms with Crippen molar-refractivity contribution < 1.29 is 13.5 Å². The quantitative estimate of drug-likeness (QED) is 0.907. The predicted molar refractivity (Wildman–Crippen MR) is 63.6 cm³/mol. The van der Waals surface area contributed by atoms with E-state index in [-0.39, 0.29) is 5.75 Å². The minimum absolute atomic E-state index is 0.119. The molecule has 1 heterocycles. The van der Waals surface area contributed by atoms with E-state index in [0.29, 0.717) is 11.5 Å². The number of aromatic nitrogens is 2. The van der Waals surface area contributed by atoms with Crippen molar-refractivity contribution in [1.82, 2.24) is 10.2 Å². The fourth-order valence-corrected chi connectivity index (χ4v) is 1.43. The molecule has 0 aliphatic carbocycles. The smallest absolute Gasteiger partial charge is 0.387 e. The summed E-state index contributed by atoms with van der Waals surface area (Å²) in [5.74, 6) is 0.782. The SMILES string of the molecule is CNc1ccc(-c2ccc(OC(F)F)cc2)nn1. The molecular formula is C12H11F2N3O.